The van der Waals surface area contributed by atoms with Crippen molar-refractivity contribution >= 4 is 45.6 Å². The fourth-order valence-electron chi connectivity index (χ4n) is 0.106. The summed E-state index contributed by atoms with van der Waals surface area (Å²) >= 11 is 3.53. The zero-order chi connectivity index (χ0) is 6.41. The first-order chi connectivity index (χ1) is 3.85. The number of rotatable bonds is 4. The Bertz CT molecular complexity index is 50.5. The minimum absolute atomic E-state index is 0.415. The van der Waals surface area contributed by atoms with Gasteiger partial charge in [-0.25, -0.2) is 4.84 Å². The third kappa shape index (κ3) is 4.17. The number of hydrogen-bond donors (Lipinski definition) is 1. The maximum absolute atomic E-state index is 4.64. The van der Waals surface area contributed by atoms with Crippen LogP contribution >= 0.6 is 45.6 Å². The highest BCUT2D eigenvalue weighted by atomic mass is 127. The molecule has 0 saturated carbocycles. The molecular formula is CH4I2N2O3. The SMILES string of the molecule is NON(OI)OCI. The van der Waals surface area contributed by atoms with Crippen LogP contribution in [0, 0.1) is 0 Å². The van der Waals surface area contributed by atoms with Crippen molar-refractivity contribution in [3.05, 3.63) is 0 Å². The van der Waals surface area contributed by atoms with Crippen molar-refractivity contribution in [3.63, 3.8) is 0 Å². The number of hydrogen-bond acceptors (Lipinski definition) is 5. The van der Waals surface area contributed by atoms with E-state index in [2.05, 4.69) is 18.8 Å². The van der Waals surface area contributed by atoms with Gasteiger partial charge in [0.05, 0.1) is 0 Å². The molecule has 0 atom stereocenters. The smallest absolute Gasteiger partial charge is 0.143 e. The summed E-state index contributed by atoms with van der Waals surface area (Å²) in [7, 11) is 0. The summed E-state index contributed by atoms with van der Waals surface area (Å²) in [5.74, 6) is 4.64. The quantitative estimate of drug-likeness (QED) is 0.462. The Hall–Kier alpha value is 1.26. The van der Waals surface area contributed by atoms with Crippen molar-refractivity contribution in [2.75, 3.05) is 4.61 Å². The molecule has 5 nitrogen and oxygen atoms in total. The summed E-state index contributed by atoms with van der Waals surface area (Å²) in [4.78, 5) is 8.60. The predicted octanol–water partition coefficient (Wildman–Crippen LogP) is 0.699. The van der Waals surface area contributed by atoms with E-state index in [0.717, 1.165) is 0 Å². The largest absolute Gasteiger partial charge is 0.238 e. The van der Waals surface area contributed by atoms with Crippen LogP contribution in [0.5, 0.6) is 0 Å². The van der Waals surface area contributed by atoms with Gasteiger partial charge in [0.2, 0.25) is 0 Å². The molecule has 0 saturated heterocycles. The summed E-state index contributed by atoms with van der Waals surface area (Å²) in [5.41, 5.74) is 0. The topological polar surface area (TPSA) is 57.0 Å². The lowest BCUT2D eigenvalue weighted by molar-refractivity contribution is -0.473. The third-order valence-corrected chi connectivity index (χ3v) is 0.897. The predicted molar refractivity (Wildman–Crippen MR) is 42.2 cm³/mol. The monoisotopic (exact) mass is 346 g/mol. The van der Waals surface area contributed by atoms with Gasteiger partial charge >= 0.3 is 0 Å². The molecule has 0 spiro atoms. The molecule has 0 bridgehead atoms. The van der Waals surface area contributed by atoms with Crippen molar-refractivity contribution in [1.82, 2.24) is 5.39 Å². The first-order valence-corrected chi connectivity index (χ1v) is 3.90. The molecular weight excluding hydrogens is 342 g/mol. The van der Waals surface area contributed by atoms with Gasteiger partial charge < -0.3 is 0 Å². The Morgan fingerprint density at radius 2 is 2.25 bits per heavy atom. The minimum Gasteiger partial charge on any atom is -0.238 e. The van der Waals surface area contributed by atoms with Crippen LogP contribution in [0.15, 0.2) is 0 Å². The van der Waals surface area contributed by atoms with Gasteiger partial charge in [-0.2, -0.15) is 14.0 Å². The van der Waals surface area contributed by atoms with Crippen LogP contribution in [0.2, 0.25) is 0 Å². The molecule has 0 unspecified atom stereocenters. The van der Waals surface area contributed by atoms with Crippen LogP contribution in [-0.2, 0) is 12.9 Å². The van der Waals surface area contributed by atoms with Crippen LogP contribution in [0.3, 0.4) is 0 Å². The van der Waals surface area contributed by atoms with Crippen molar-refractivity contribution in [2.45, 2.75) is 0 Å². The molecule has 0 heterocycles. The maximum Gasteiger partial charge on any atom is 0.143 e. The zero-order valence-electron chi connectivity index (χ0n) is 3.71. The van der Waals surface area contributed by atoms with Crippen LogP contribution in [0.4, 0.5) is 0 Å². The van der Waals surface area contributed by atoms with E-state index in [1.807, 2.05) is 22.6 Å². The lowest BCUT2D eigenvalue weighted by Crippen LogP contribution is -2.23. The molecule has 0 aromatic rings. The number of alkyl halides is 1. The molecule has 0 fully saturated rings. The Kier molecular flexibility index (Phi) is 7.39. The second-order valence-electron chi connectivity index (χ2n) is 0.636. The zero-order valence-corrected chi connectivity index (χ0v) is 8.03. The van der Waals surface area contributed by atoms with Gasteiger partial charge in [0.25, 0.3) is 0 Å². The molecule has 0 rings (SSSR count). The Balaban J connectivity index is 3.07. The van der Waals surface area contributed by atoms with E-state index in [0.29, 0.717) is 10.0 Å². The summed E-state index contributed by atoms with van der Waals surface area (Å²) < 4.78 is 4.78. The van der Waals surface area contributed by atoms with Crippen molar-refractivity contribution in [1.29, 1.82) is 0 Å². The summed E-state index contributed by atoms with van der Waals surface area (Å²) in [6.07, 6.45) is 0. The fourth-order valence-corrected chi connectivity index (χ4v) is 0.540. The molecule has 0 aromatic carbocycles. The second-order valence-corrected chi connectivity index (χ2v) is 1.65. The van der Waals surface area contributed by atoms with Gasteiger partial charge in [-0.3, -0.25) is 0 Å². The first-order valence-electron chi connectivity index (χ1n) is 1.49. The lowest BCUT2D eigenvalue weighted by atomic mass is 11.7. The highest BCUT2D eigenvalue weighted by molar-refractivity contribution is 14.1. The molecule has 0 aliphatic carbocycles. The van der Waals surface area contributed by atoms with E-state index in [1.54, 1.807) is 23.0 Å². The normalized spacial score (nSPS) is 10.5. The molecule has 7 heteroatoms. The van der Waals surface area contributed by atoms with Crippen molar-refractivity contribution < 1.29 is 12.9 Å². The summed E-state index contributed by atoms with van der Waals surface area (Å²) in [5, 5.41) is 0.688. The van der Waals surface area contributed by atoms with E-state index in [9.17, 15) is 0 Å². The first kappa shape index (κ1) is 9.26. The second kappa shape index (κ2) is 6.38. The van der Waals surface area contributed by atoms with Gasteiger partial charge in [0.1, 0.15) is 33.0 Å². The summed E-state index contributed by atoms with van der Waals surface area (Å²) in [6, 6.07) is 0. The average Bonchev–Trinajstić information content (AvgIpc) is 1.83. The van der Waals surface area contributed by atoms with E-state index in [4.69, 9.17) is 0 Å². The van der Waals surface area contributed by atoms with Gasteiger partial charge in [-0.15, -0.1) is 0 Å². The van der Waals surface area contributed by atoms with Gasteiger partial charge in [-0.05, 0) is 0 Å². The third-order valence-electron chi connectivity index (χ3n) is 0.297. The van der Waals surface area contributed by atoms with Crippen LogP contribution in [0.25, 0.3) is 0 Å². The average molecular weight is 346 g/mol. The van der Waals surface area contributed by atoms with Crippen molar-refractivity contribution in [3.8, 4) is 0 Å². The molecule has 0 aliphatic heterocycles. The number of nitrogens with two attached hydrogens (primary N) is 1. The van der Waals surface area contributed by atoms with E-state index in [-0.39, 0.29) is 0 Å². The maximum atomic E-state index is 4.64. The molecule has 2 N–H and O–H groups in total. The van der Waals surface area contributed by atoms with Crippen LogP contribution < -0.4 is 5.90 Å². The van der Waals surface area contributed by atoms with Gasteiger partial charge in [0.15, 0.2) is 0 Å². The highest BCUT2D eigenvalue weighted by Gasteiger charge is 1.99. The van der Waals surface area contributed by atoms with E-state index < -0.39 is 0 Å². The summed E-state index contributed by atoms with van der Waals surface area (Å²) in [6.45, 7) is 0. The van der Waals surface area contributed by atoms with E-state index >= 15 is 0 Å². The van der Waals surface area contributed by atoms with Crippen LogP contribution in [0.1, 0.15) is 0 Å². The van der Waals surface area contributed by atoms with Crippen LogP contribution in [-0.4, -0.2) is 10.0 Å². The number of nitrogens with zero attached hydrogens (tertiary/aromatic N) is 1. The number of halogens is 2. The molecule has 8 heavy (non-hydrogen) atoms. The minimum atomic E-state index is 0.415. The molecule has 50 valence electrons. The molecule has 0 aliphatic rings. The Morgan fingerprint density at radius 1 is 1.62 bits per heavy atom. The highest BCUT2D eigenvalue weighted by Crippen LogP contribution is 1.97. The molecule has 0 aromatic heterocycles. The fraction of sp³-hybridized carbons (Fsp3) is 1.00. The lowest BCUT2D eigenvalue weighted by Gasteiger charge is -2.08. The van der Waals surface area contributed by atoms with Gasteiger partial charge in [-0.1, -0.05) is 22.6 Å². The van der Waals surface area contributed by atoms with Crippen molar-refractivity contribution in [2.24, 2.45) is 5.90 Å². The Labute approximate surface area is 74.1 Å². The standard InChI is InChI=1S/CH4I2N2O3/c2-1-6-5(7-3)8-4/h1,4H2. The van der Waals surface area contributed by atoms with E-state index in [1.165, 1.54) is 0 Å². The molecule has 0 radical (unpaired) electrons. The molecule has 0 amide bonds. The van der Waals surface area contributed by atoms with Gasteiger partial charge in [0, 0.05) is 0 Å². The Morgan fingerprint density at radius 3 is 2.38 bits per heavy atom.